The maximum absolute atomic E-state index is 13.3. The minimum Gasteiger partial charge on any atom is -0.334 e. The molecular weight excluding hydrogens is 474 g/mol. The van der Waals surface area contributed by atoms with Gasteiger partial charge >= 0.3 is 0 Å². The van der Waals surface area contributed by atoms with Crippen LogP contribution in [0.25, 0.3) is 10.6 Å². The van der Waals surface area contributed by atoms with Crippen LogP contribution < -0.4 is 10.6 Å². The molecule has 2 saturated carbocycles. The van der Waals surface area contributed by atoms with Gasteiger partial charge in [0, 0.05) is 41.7 Å². The maximum atomic E-state index is 13.3. The Hall–Kier alpha value is -2.42. The van der Waals surface area contributed by atoms with E-state index < -0.39 is 0 Å². The standard InChI is InChI=1S/C27H29N5OS2/c1-15-13-29-27(30-21-11-17-6-7-28-14-18(17)10-20(21)16-2-3-16)31-24(15)22-12-23-25(35-22)26(33)32(8-9-34-23)19-4-5-19/h10-13,16,19,28H,2-9,14H2,1H3,(H,29,30,31). The van der Waals surface area contributed by atoms with Gasteiger partial charge in [-0.1, -0.05) is 6.07 Å². The number of benzene rings is 1. The van der Waals surface area contributed by atoms with E-state index in [4.69, 9.17) is 4.98 Å². The van der Waals surface area contributed by atoms with Gasteiger partial charge in [-0.15, -0.1) is 23.1 Å². The Morgan fingerprint density at radius 2 is 2.03 bits per heavy atom. The number of nitrogens with one attached hydrogen (secondary N) is 2. The van der Waals surface area contributed by atoms with Gasteiger partial charge in [-0.3, -0.25) is 4.79 Å². The van der Waals surface area contributed by atoms with Gasteiger partial charge in [0.15, 0.2) is 0 Å². The van der Waals surface area contributed by atoms with E-state index in [1.807, 2.05) is 6.20 Å². The van der Waals surface area contributed by atoms with E-state index in [1.54, 1.807) is 23.1 Å². The maximum Gasteiger partial charge on any atom is 0.265 e. The number of hydrogen-bond donors (Lipinski definition) is 2. The van der Waals surface area contributed by atoms with Gasteiger partial charge in [0.05, 0.1) is 10.6 Å². The van der Waals surface area contributed by atoms with Crippen molar-refractivity contribution >= 4 is 40.6 Å². The molecule has 0 spiro atoms. The number of amides is 1. The highest BCUT2D eigenvalue weighted by atomic mass is 32.2. The highest BCUT2D eigenvalue weighted by molar-refractivity contribution is 7.99. The van der Waals surface area contributed by atoms with Crippen molar-refractivity contribution in [1.29, 1.82) is 0 Å². The molecule has 1 aromatic carbocycles. The molecule has 6 nitrogen and oxygen atoms in total. The fraction of sp³-hybridized carbons (Fsp3) is 0.444. The second kappa shape index (κ2) is 8.61. The van der Waals surface area contributed by atoms with Gasteiger partial charge < -0.3 is 15.5 Å². The van der Waals surface area contributed by atoms with E-state index in [1.165, 1.54) is 29.5 Å². The van der Waals surface area contributed by atoms with Crippen molar-refractivity contribution in [3.8, 4) is 10.6 Å². The fourth-order valence-corrected chi connectivity index (χ4v) is 7.60. The molecular formula is C27H29N5OS2. The summed E-state index contributed by atoms with van der Waals surface area (Å²) in [7, 11) is 0. The molecule has 0 unspecified atom stereocenters. The van der Waals surface area contributed by atoms with Crippen LogP contribution in [0.2, 0.25) is 0 Å². The lowest BCUT2D eigenvalue weighted by Crippen LogP contribution is -2.33. The van der Waals surface area contributed by atoms with Crippen LogP contribution >= 0.6 is 23.1 Å². The van der Waals surface area contributed by atoms with Crippen molar-refractivity contribution in [3.63, 3.8) is 0 Å². The molecule has 0 radical (unpaired) electrons. The van der Waals surface area contributed by atoms with Crippen molar-refractivity contribution in [1.82, 2.24) is 20.2 Å². The van der Waals surface area contributed by atoms with E-state index in [9.17, 15) is 4.79 Å². The van der Waals surface area contributed by atoms with Gasteiger partial charge in [0.25, 0.3) is 5.91 Å². The van der Waals surface area contributed by atoms with E-state index in [0.29, 0.717) is 17.9 Å². The van der Waals surface area contributed by atoms with Gasteiger partial charge in [0.1, 0.15) is 4.88 Å². The molecule has 8 heteroatoms. The molecule has 2 fully saturated rings. The number of rotatable bonds is 5. The summed E-state index contributed by atoms with van der Waals surface area (Å²) >= 11 is 3.39. The number of aromatic nitrogens is 2. The highest BCUT2D eigenvalue weighted by Crippen LogP contribution is 2.46. The quantitative estimate of drug-likeness (QED) is 0.480. The van der Waals surface area contributed by atoms with Gasteiger partial charge in [-0.2, -0.15) is 0 Å². The summed E-state index contributed by atoms with van der Waals surface area (Å²) in [6, 6.07) is 7.33. The molecule has 2 aromatic heterocycles. The van der Waals surface area contributed by atoms with Crippen molar-refractivity contribution in [3.05, 3.63) is 51.5 Å². The molecule has 7 rings (SSSR count). The number of anilines is 2. The third kappa shape index (κ3) is 4.15. The molecule has 0 bridgehead atoms. The first-order valence-corrected chi connectivity index (χ1v) is 14.5. The monoisotopic (exact) mass is 503 g/mol. The van der Waals surface area contributed by atoms with Crippen LogP contribution in [0.1, 0.15) is 63.5 Å². The Morgan fingerprint density at radius 3 is 2.86 bits per heavy atom. The zero-order valence-electron chi connectivity index (χ0n) is 19.9. The third-order valence-electron chi connectivity index (χ3n) is 7.46. The Bertz CT molecular complexity index is 1330. The van der Waals surface area contributed by atoms with Gasteiger partial charge in [-0.25, -0.2) is 9.97 Å². The number of nitrogens with zero attached hydrogens (tertiary/aromatic N) is 3. The van der Waals surface area contributed by atoms with Crippen LogP contribution in [-0.4, -0.2) is 45.7 Å². The number of aryl methyl sites for hydroxylation is 1. The molecule has 2 aliphatic heterocycles. The molecule has 1 amide bonds. The molecule has 35 heavy (non-hydrogen) atoms. The summed E-state index contributed by atoms with van der Waals surface area (Å²) in [4.78, 5) is 28.0. The number of carbonyl (C=O) groups is 1. The van der Waals surface area contributed by atoms with Crippen LogP contribution in [0.15, 0.2) is 29.3 Å². The summed E-state index contributed by atoms with van der Waals surface area (Å²) in [5.41, 5.74) is 7.33. The van der Waals surface area contributed by atoms with Gasteiger partial charge in [-0.05, 0) is 85.9 Å². The SMILES string of the molecule is Cc1cnc(Nc2cc3c(cc2C2CC2)CNCC3)nc1-c1cc2c(s1)C(=O)N(C1CC1)CCS2. The lowest BCUT2D eigenvalue weighted by atomic mass is 9.95. The summed E-state index contributed by atoms with van der Waals surface area (Å²) < 4.78 is 0. The summed E-state index contributed by atoms with van der Waals surface area (Å²) in [5.74, 6) is 2.42. The largest absolute Gasteiger partial charge is 0.334 e. The zero-order chi connectivity index (χ0) is 23.5. The van der Waals surface area contributed by atoms with E-state index >= 15 is 0 Å². The molecule has 180 valence electrons. The Balaban J connectivity index is 1.22. The highest BCUT2D eigenvalue weighted by Gasteiger charge is 2.36. The normalized spacial score (nSPS) is 19.8. The number of hydrogen-bond acceptors (Lipinski definition) is 7. The van der Waals surface area contributed by atoms with E-state index in [2.05, 4.69) is 45.6 Å². The summed E-state index contributed by atoms with van der Waals surface area (Å²) in [6.45, 7) is 4.89. The second-order valence-electron chi connectivity index (χ2n) is 10.1. The fourth-order valence-electron chi connectivity index (χ4n) is 5.23. The number of thioether (sulfide) groups is 1. The van der Waals surface area contributed by atoms with Crippen LogP contribution in [0.5, 0.6) is 0 Å². The molecule has 2 N–H and O–H groups in total. The van der Waals surface area contributed by atoms with Crippen molar-refractivity contribution in [2.75, 3.05) is 24.2 Å². The predicted octanol–water partition coefficient (Wildman–Crippen LogP) is 5.49. The third-order valence-corrected chi connectivity index (χ3v) is 9.74. The van der Waals surface area contributed by atoms with E-state index in [-0.39, 0.29) is 5.91 Å². The minimum atomic E-state index is 0.200. The molecule has 0 atom stereocenters. The zero-order valence-corrected chi connectivity index (χ0v) is 21.5. The van der Waals surface area contributed by atoms with Gasteiger partial charge in [0.2, 0.25) is 5.95 Å². The van der Waals surface area contributed by atoms with E-state index in [0.717, 1.165) is 76.2 Å². The van der Waals surface area contributed by atoms with Crippen molar-refractivity contribution < 1.29 is 4.79 Å². The van der Waals surface area contributed by atoms with Crippen molar-refractivity contribution in [2.45, 2.75) is 62.4 Å². The average Bonchev–Trinajstić information content (AvgIpc) is 3.79. The van der Waals surface area contributed by atoms with Crippen LogP contribution in [-0.2, 0) is 13.0 Å². The Kier molecular flexibility index (Phi) is 5.37. The van der Waals surface area contributed by atoms with Crippen molar-refractivity contribution in [2.24, 2.45) is 0 Å². The summed E-state index contributed by atoms with van der Waals surface area (Å²) in [6.07, 6.45) is 7.76. The smallest absolute Gasteiger partial charge is 0.265 e. The Morgan fingerprint density at radius 1 is 1.14 bits per heavy atom. The molecule has 0 saturated heterocycles. The average molecular weight is 504 g/mol. The van der Waals surface area contributed by atoms with Crippen LogP contribution in [0.3, 0.4) is 0 Å². The topological polar surface area (TPSA) is 70.1 Å². The number of carbonyl (C=O) groups excluding carboxylic acids is 1. The lowest BCUT2D eigenvalue weighted by molar-refractivity contribution is 0.0758. The minimum absolute atomic E-state index is 0.200. The number of fused-ring (bicyclic) bond motifs is 2. The lowest BCUT2D eigenvalue weighted by Gasteiger charge is -2.21. The first-order valence-electron chi connectivity index (χ1n) is 12.7. The molecule has 2 aliphatic carbocycles. The molecule has 4 heterocycles. The Labute approximate surface area is 213 Å². The number of thiophene rings is 1. The molecule has 3 aromatic rings. The first-order chi connectivity index (χ1) is 17.1. The second-order valence-corrected chi connectivity index (χ2v) is 12.3. The molecule has 4 aliphatic rings. The predicted molar refractivity (Wildman–Crippen MR) is 142 cm³/mol. The summed E-state index contributed by atoms with van der Waals surface area (Å²) in [5, 5.41) is 7.07. The van der Waals surface area contributed by atoms with Crippen LogP contribution in [0.4, 0.5) is 11.6 Å². The van der Waals surface area contributed by atoms with Crippen LogP contribution in [0, 0.1) is 6.92 Å². The first kappa shape index (κ1) is 21.8.